The summed E-state index contributed by atoms with van der Waals surface area (Å²) >= 11 is 0. The maximum absolute atomic E-state index is 12.3. The van der Waals surface area contributed by atoms with Crippen molar-refractivity contribution >= 4 is 11.8 Å². The van der Waals surface area contributed by atoms with Crippen LogP contribution in [0.2, 0.25) is 0 Å². The van der Waals surface area contributed by atoms with Gasteiger partial charge in [0.05, 0.1) is 6.54 Å². The maximum Gasteiger partial charge on any atom is 0.236 e. The minimum atomic E-state index is 0.158. The molecule has 6 nitrogen and oxygen atoms in total. The summed E-state index contributed by atoms with van der Waals surface area (Å²) in [5.74, 6) is 0.958. The molecule has 120 valence electrons. The van der Waals surface area contributed by atoms with Crippen LogP contribution < -0.4 is 5.32 Å². The molecule has 0 aromatic carbocycles. The molecule has 2 amide bonds. The van der Waals surface area contributed by atoms with Crippen LogP contribution in [0.1, 0.15) is 19.3 Å². The van der Waals surface area contributed by atoms with Gasteiger partial charge in [0.1, 0.15) is 0 Å². The second kappa shape index (κ2) is 7.75. The smallest absolute Gasteiger partial charge is 0.236 e. The first kappa shape index (κ1) is 16.2. The Balaban J connectivity index is 1.72. The lowest BCUT2D eigenvalue weighted by Gasteiger charge is -2.36. The Labute approximate surface area is 127 Å². The third-order valence-electron chi connectivity index (χ3n) is 4.36. The van der Waals surface area contributed by atoms with Crippen LogP contribution in [-0.2, 0) is 9.59 Å². The highest BCUT2D eigenvalue weighted by molar-refractivity contribution is 5.79. The highest BCUT2D eigenvalue weighted by atomic mass is 16.2. The molecule has 21 heavy (non-hydrogen) atoms. The summed E-state index contributed by atoms with van der Waals surface area (Å²) < 4.78 is 0. The van der Waals surface area contributed by atoms with Crippen molar-refractivity contribution < 1.29 is 9.59 Å². The van der Waals surface area contributed by atoms with Crippen molar-refractivity contribution in [3.63, 3.8) is 0 Å². The van der Waals surface area contributed by atoms with Gasteiger partial charge in [-0.05, 0) is 45.9 Å². The number of rotatable bonds is 4. The molecule has 2 fully saturated rings. The first-order valence-electron chi connectivity index (χ1n) is 7.97. The number of amides is 2. The number of carbonyl (C=O) groups is 2. The van der Waals surface area contributed by atoms with Gasteiger partial charge in [-0.2, -0.15) is 0 Å². The Morgan fingerprint density at radius 3 is 2.05 bits per heavy atom. The largest absolute Gasteiger partial charge is 0.339 e. The Morgan fingerprint density at radius 1 is 1.00 bits per heavy atom. The molecule has 0 aromatic heterocycles. The van der Waals surface area contributed by atoms with Crippen LogP contribution in [0.4, 0.5) is 0 Å². The van der Waals surface area contributed by atoms with Crippen LogP contribution in [0.15, 0.2) is 0 Å². The number of piperazine rings is 1. The van der Waals surface area contributed by atoms with Gasteiger partial charge in [-0.25, -0.2) is 0 Å². The third-order valence-corrected chi connectivity index (χ3v) is 4.36. The van der Waals surface area contributed by atoms with E-state index in [1.165, 1.54) is 0 Å². The van der Waals surface area contributed by atoms with Crippen molar-refractivity contribution in [3.8, 4) is 0 Å². The second-order valence-electron chi connectivity index (χ2n) is 6.40. The molecule has 2 saturated heterocycles. The molecule has 0 radical (unpaired) electrons. The van der Waals surface area contributed by atoms with Gasteiger partial charge in [0, 0.05) is 32.6 Å². The number of hydrogen-bond acceptors (Lipinski definition) is 4. The molecule has 0 spiro atoms. The van der Waals surface area contributed by atoms with E-state index in [1.807, 2.05) is 28.8 Å². The fourth-order valence-electron chi connectivity index (χ4n) is 3.04. The normalized spacial score (nSPS) is 20.9. The quantitative estimate of drug-likeness (QED) is 0.768. The van der Waals surface area contributed by atoms with Crippen molar-refractivity contribution in [1.29, 1.82) is 0 Å². The molecule has 0 aliphatic carbocycles. The molecule has 0 atom stereocenters. The summed E-state index contributed by atoms with van der Waals surface area (Å²) in [6.45, 7) is 5.22. The third kappa shape index (κ3) is 4.97. The summed E-state index contributed by atoms with van der Waals surface area (Å²) in [6.07, 6.45) is 2.88. The summed E-state index contributed by atoms with van der Waals surface area (Å²) in [4.78, 5) is 30.0. The standard InChI is InChI=1S/C15H28N4O2/c1-17(2)12-15(21)19-9-7-18(8-10-19)14(20)11-13-3-5-16-6-4-13/h13,16H,3-12H2,1-2H3. The summed E-state index contributed by atoms with van der Waals surface area (Å²) in [5, 5.41) is 3.33. The van der Waals surface area contributed by atoms with Gasteiger partial charge in [0.2, 0.25) is 11.8 Å². The molecule has 2 aliphatic rings. The predicted octanol–water partition coefficient (Wildman–Crippen LogP) is -0.391. The van der Waals surface area contributed by atoms with E-state index in [1.54, 1.807) is 0 Å². The fourth-order valence-corrected chi connectivity index (χ4v) is 3.04. The van der Waals surface area contributed by atoms with Crippen molar-refractivity contribution in [1.82, 2.24) is 20.0 Å². The van der Waals surface area contributed by atoms with Crippen molar-refractivity contribution in [3.05, 3.63) is 0 Å². The molecular weight excluding hydrogens is 268 g/mol. The van der Waals surface area contributed by atoms with E-state index in [2.05, 4.69) is 5.32 Å². The zero-order valence-electron chi connectivity index (χ0n) is 13.3. The van der Waals surface area contributed by atoms with E-state index < -0.39 is 0 Å². The molecule has 1 N–H and O–H groups in total. The predicted molar refractivity (Wildman–Crippen MR) is 81.9 cm³/mol. The maximum atomic E-state index is 12.3. The average molecular weight is 296 g/mol. The summed E-state index contributed by atoms with van der Waals surface area (Å²) in [5.41, 5.74) is 0. The Kier molecular flexibility index (Phi) is 5.99. The molecule has 0 unspecified atom stereocenters. The summed E-state index contributed by atoms with van der Waals surface area (Å²) in [6, 6.07) is 0. The first-order chi connectivity index (χ1) is 10.1. The van der Waals surface area contributed by atoms with Crippen molar-refractivity contribution in [2.45, 2.75) is 19.3 Å². The number of likely N-dealkylation sites (N-methyl/N-ethyl adjacent to an activating group) is 1. The number of hydrogen-bond donors (Lipinski definition) is 1. The lowest BCUT2D eigenvalue weighted by atomic mass is 9.94. The van der Waals surface area contributed by atoms with Gasteiger partial charge < -0.3 is 20.0 Å². The Hall–Kier alpha value is -1.14. The van der Waals surface area contributed by atoms with Crippen LogP contribution in [0.3, 0.4) is 0 Å². The molecule has 0 bridgehead atoms. The molecule has 6 heteroatoms. The minimum Gasteiger partial charge on any atom is -0.339 e. The van der Waals surface area contributed by atoms with Gasteiger partial charge in [0.15, 0.2) is 0 Å². The molecule has 0 aromatic rings. The molecule has 2 heterocycles. The van der Waals surface area contributed by atoms with E-state index in [0.29, 0.717) is 45.1 Å². The molecular formula is C15H28N4O2. The second-order valence-corrected chi connectivity index (χ2v) is 6.40. The van der Waals surface area contributed by atoms with Gasteiger partial charge in [0.25, 0.3) is 0 Å². The highest BCUT2D eigenvalue weighted by Crippen LogP contribution is 2.17. The van der Waals surface area contributed by atoms with Crippen LogP contribution in [0.25, 0.3) is 0 Å². The number of nitrogens with one attached hydrogen (secondary N) is 1. The Morgan fingerprint density at radius 2 is 1.52 bits per heavy atom. The molecule has 2 rings (SSSR count). The number of nitrogens with zero attached hydrogens (tertiary/aromatic N) is 3. The Bertz CT molecular complexity index is 359. The van der Waals surface area contributed by atoms with Crippen molar-refractivity contribution in [2.24, 2.45) is 5.92 Å². The number of carbonyl (C=O) groups excluding carboxylic acids is 2. The van der Waals surface area contributed by atoms with Crippen LogP contribution in [-0.4, -0.2) is 86.4 Å². The fraction of sp³-hybridized carbons (Fsp3) is 0.867. The lowest BCUT2D eigenvalue weighted by molar-refractivity contribution is -0.140. The molecule has 0 saturated carbocycles. The van der Waals surface area contributed by atoms with E-state index >= 15 is 0 Å². The lowest BCUT2D eigenvalue weighted by Crippen LogP contribution is -2.52. The van der Waals surface area contributed by atoms with Gasteiger partial charge >= 0.3 is 0 Å². The van der Waals surface area contributed by atoms with E-state index in [9.17, 15) is 9.59 Å². The topological polar surface area (TPSA) is 55.9 Å². The van der Waals surface area contributed by atoms with Crippen LogP contribution >= 0.6 is 0 Å². The van der Waals surface area contributed by atoms with Gasteiger partial charge in [-0.1, -0.05) is 0 Å². The minimum absolute atomic E-state index is 0.158. The van der Waals surface area contributed by atoms with Crippen molar-refractivity contribution in [2.75, 3.05) is 59.9 Å². The number of piperidine rings is 1. The van der Waals surface area contributed by atoms with E-state index in [-0.39, 0.29) is 11.8 Å². The average Bonchev–Trinajstić information content (AvgIpc) is 2.47. The van der Waals surface area contributed by atoms with E-state index in [4.69, 9.17) is 0 Å². The monoisotopic (exact) mass is 296 g/mol. The SMILES string of the molecule is CN(C)CC(=O)N1CCN(C(=O)CC2CCNCC2)CC1. The highest BCUT2D eigenvalue weighted by Gasteiger charge is 2.26. The first-order valence-corrected chi connectivity index (χ1v) is 7.97. The summed E-state index contributed by atoms with van der Waals surface area (Å²) in [7, 11) is 3.80. The van der Waals surface area contributed by atoms with E-state index in [0.717, 1.165) is 25.9 Å². The zero-order valence-corrected chi connectivity index (χ0v) is 13.3. The zero-order chi connectivity index (χ0) is 15.2. The van der Waals surface area contributed by atoms with Crippen LogP contribution in [0, 0.1) is 5.92 Å². The molecule has 2 aliphatic heterocycles. The van der Waals surface area contributed by atoms with Gasteiger partial charge in [-0.15, -0.1) is 0 Å². The van der Waals surface area contributed by atoms with Crippen LogP contribution in [0.5, 0.6) is 0 Å². The van der Waals surface area contributed by atoms with Gasteiger partial charge in [-0.3, -0.25) is 9.59 Å².